The van der Waals surface area contributed by atoms with Crippen molar-refractivity contribution >= 4 is 5.97 Å². The standard InChI is InChI=1S/C5H11NO3/c1-4(2-6)9-3-5(7)8/h4H,2-3,6H2,1H3,(H,7,8). The van der Waals surface area contributed by atoms with E-state index >= 15 is 0 Å². The molecule has 0 aromatic carbocycles. The molecular formula is C5H11NO3. The van der Waals surface area contributed by atoms with Gasteiger partial charge < -0.3 is 15.6 Å². The van der Waals surface area contributed by atoms with Gasteiger partial charge in [-0.05, 0) is 6.92 Å². The SMILES string of the molecule is CC(CN)OCC(=O)O. The van der Waals surface area contributed by atoms with Gasteiger partial charge in [0.15, 0.2) is 0 Å². The Balaban J connectivity index is 3.16. The van der Waals surface area contributed by atoms with Gasteiger partial charge in [0.25, 0.3) is 0 Å². The third-order valence-corrected chi connectivity index (χ3v) is 0.823. The van der Waals surface area contributed by atoms with Crippen molar-refractivity contribution in [1.29, 1.82) is 0 Å². The molecule has 0 bridgehead atoms. The highest BCUT2D eigenvalue weighted by Gasteiger charge is 2.00. The molecule has 4 nitrogen and oxygen atoms in total. The van der Waals surface area contributed by atoms with Crippen LogP contribution < -0.4 is 5.73 Å². The Morgan fingerprint density at radius 2 is 2.44 bits per heavy atom. The molecule has 0 aromatic heterocycles. The lowest BCUT2D eigenvalue weighted by molar-refractivity contribution is -0.143. The molecule has 9 heavy (non-hydrogen) atoms. The monoisotopic (exact) mass is 133 g/mol. The van der Waals surface area contributed by atoms with Gasteiger partial charge in [0.2, 0.25) is 0 Å². The van der Waals surface area contributed by atoms with E-state index < -0.39 is 5.97 Å². The van der Waals surface area contributed by atoms with Crippen LogP contribution in [0.3, 0.4) is 0 Å². The van der Waals surface area contributed by atoms with Crippen LogP contribution in [0.4, 0.5) is 0 Å². The average molecular weight is 133 g/mol. The van der Waals surface area contributed by atoms with Crippen LogP contribution in [0.15, 0.2) is 0 Å². The van der Waals surface area contributed by atoms with E-state index in [4.69, 9.17) is 15.6 Å². The molecule has 0 amide bonds. The maximum absolute atomic E-state index is 9.85. The first-order valence-electron chi connectivity index (χ1n) is 2.70. The van der Waals surface area contributed by atoms with E-state index in [1.165, 1.54) is 0 Å². The summed E-state index contributed by atoms with van der Waals surface area (Å²) in [6.45, 7) is 1.81. The minimum Gasteiger partial charge on any atom is -0.480 e. The first-order valence-corrected chi connectivity index (χ1v) is 2.70. The number of ether oxygens (including phenoxy) is 1. The van der Waals surface area contributed by atoms with Gasteiger partial charge in [-0.25, -0.2) is 4.79 Å². The lowest BCUT2D eigenvalue weighted by Gasteiger charge is -2.06. The molecule has 1 atom stereocenters. The van der Waals surface area contributed by atoms with Gasteiger partial charge in [-0.1, -0.05) is 0 Å². The number of hydrogen-bond donors (Lipinski definition) is 2. The highest BCUT2D eigenvalue weighted by molar-refractivity contribution is 5.68. The van der Waals surface area contributed by atoms with Gasteiger partial charge in [-0.15, -0.1) is 0 Å². The highest BCUT2D eigenvalue weighted by atomic mass is 16.5. The van der Waals surface area contributed by atoms with E-state index in [0.717, 1.165) is 0 Å². The Bertz CT molecular complexity index is 94.2. The zero-order chi connectivity index (χ0) is 7.28. The summed E-state index contributed by atoms with van der Waals surface area (Å²) in [4.78, 5) is 9.85. The molecule has 0 fully saturated rings. The summed E-state index contributed by atoms with van der Waals surface area (Å²) in [5.74, 6) is -0.963. The molecule has 54 valence electrons. The van der Waals surface area contributed by atoms with Gasteiger partial charge in [-0.3, -0.25) is 0 Å². The van der Waals surface area contributed by atoms with Gasteiger partial charge in [0.1, 0.15) is 6.61 Å². The molecule has 0 aromatic rings. The second-order valence-electron chi connectivity index (χ2n) is 1.75. The van der Waals surface area contributed by atoms with E-state index in [-0.39, 0.29) is 12.7 Å². The third kappa shape index (κ3) is 5.26. The van der Waals surface area contributed by atoms with Crippen molar-refractivity contribution in [3.8, 4) is 0 Å². The number of carboxylic acids is 1. The molecule has 0 spiro atoms. The second kappa shape index (κ2) is 4.29. The van der Waals surface area contributed by atoms with Crippen molar-refractivity contribution in [2.24, 2.45) is 5.73 Å². The van der Waals surface area contributed by atoms with Crippen LogP contribution in [0.25, 0.3) is 0 Å². The number of rotatable bonds is 4. The van der Waals surface area contributed by atoms with Crippen molar-refractivity contribution in [3.05, 3.63) is 0 Å². The number of carbonyl (C=O) groups is 1. The zero-order valence-electron chi connectivity index (χ0n) is 5.33. The summed E-state index contributed by atoms with van der Waals surface area (Å²) < 4.78 is 4.73. The lowest BCUT2D eigenvalue weighted by Crippen LogP contribution is -2.23. The zero-order valence-corrected chi connectivity index (χ0v) is 5.33. The smallest absolute Gasteiger partial charge is 0.329 e. The van der Waals surface area contributed by atoms with E-state index in [1.54, 1.807) is 6.92 Å². The number of nitrogens with two attached hydrogens (primary N) is 1. The molecule has 0 rings (SSSR count). The molecule has 4 heteroatoms. The Morgan fingerprint density at radius 1 is 1.89 bits per heavy atom. The van der Waals surface area contributed by atoms with Gasteiger partial charge in [0.05, 0.1) is 6.10 Å². The number of aliphatic carboxylic acids is 1. The summed E-state index contributed by atoms with van der Waals surface area (Å²) >= 11 is 0. The summed E-state index contributed by atoms with van der Waals surface area (Å²) in [5, 5.41) is 8.09. The van der Waals surface area contributed by atoms with Gasteiger partial charge >= 0.3 is 5.97 Å². The normalized spacial score (nSPS) is 13.1. The second-order valence-corrected chi connectivity index (χ2v) is 1.75. The molecule has 1 unspecified atom stereocenters. The average Bonchev–Trinajstić information content (AvgIpc) is 1.83. The first-order chi connectivity index (χ1) is 4.16. The molecule has 3 N–H and O–H groups in total. The fourth-order valence-electron chi connectivity index (χ4n) is 0.282. The molecule has 0 heterocycles. The van der Waals surface area contributed by atoms with Crippen LogP contribution in [-0.2, 0) is 9.53 Å². The summed E-state index contributed by atoms with van der Waals surface area (Å²) in [6.07, 6.45) is -0.166. The summed E-state index contributed by atoms with van der Waals surface area (Å²) in [6, 6.07) is 0. The van der Waals surface area contributed by atoms with E-state index in [2.05, 4.69) is 0 Å². The summed E-state index contributed by atoms with van der Waals surface area (Å²) in [7, 11) is 0. The Morgan fingerprint density at radius 3 is 2.78 bits per heavy atom. The maximum Gasteiger partial charge on any atom is 0.329 e. The minimum atomic E-state index is -0.963. The maximum atomic E-state index is 9.85. The molecule has 0 radical (unpaired) electrons. The molecule has 0 aliphatic heterocycles. The van der Waals surface area contributed by atoms with Crippen LogP contribution in [0.5, 0.6) is 0 Å². The van der Waals surface area contributed by atoms with Crippen molar-refractivity contribution in [1.82, 2.24) is 0 Å². The first kappa shape index (κ1) is 8.39. The van der Waals surface area contributed by atoms with Crippen molar-refractivity contribution in [2.45, 2.75) is 13.0 Å². The molecular weight excluding hydrogens is 122 g/mol. The highest BCUT2D eigenvalue weighted by Crippen LogP contribution is 1.84. The Labute approximate surface area is 53.6 Å². The Kier molecular flexibility index (Phi) is 4.00. The van der Waals surface area contributed by atoms with Crippen LogP contribution in [0.2, 0.25) is 0 Å². The van der Waals surface area contributed by atoms with Crippen molar-refractivity contribution in [2.75, 3.05) is 13.2 Å². The largest absolute Gasteiger partial charge is 0.480 e. The molecule has 0 saturated heterocycles. The van der Waals surface area contributed by atoms with E-state index in [9.17, 15) is 4.79 Å². The van der Waals surface area contributed by atoms with Crippen LogP contribution in [0, 0.1) is 0 Å². The van der Waals surface area contributed by atoms with E-state index in [0.29, 0.717) is 6.54 Å². The lowest BCUT2D eigenvalue weighted by atomic mass is 10.4. The quantitative estimate of drug-likeness (QED) is 0.539. The summed E-state index contributed by atoms with van der Waals surface area (Å²) in [5.41, 5.74) is 5.14. The van der Waals surface area contributed by atoms with Crippen molar-refractivity contribution < 1.29 is 14.6 Å². The molecule has 0 saturated carbocycles. The fourth-order valence-corrected chi connectivity index (χ4v) is 0.282. The molecule has 0 aliphatic rings. The third-order valence-electron chi connectivity index (χ3n) is 0.823. The number of hydrogen-bond acceptors (Lipinski definition) is 3. The van der Waals surface area contributed by atoms with Gasteiger partial charge in [0, 0.05) is 6.54 Å². The van der Waals surface area contributed by atoms with Crippen LogP contribution in [-0.4, -0.2) is 30.3 Å². The van der Waals surface area contributed by atoms with Crippen molar-refractivity contribution in [3.63, 3.8) is 0 Å². The van der Waals surface area contributed by atoms with E-state index in [1.807, 2.05) is 0 Å². The van der Waals surface area contributed by atoms with Gasteiger partial charge in [-0.2, -0.15) is 0 Å². The Hall–Kier alpha value is -0.610. The predicted molar refractivity (Wildman–Crippen MR) is 32.1 cm³/mol. The van der Waals surface area contributed by atoms with Crippen LogP contribution >= 0.6 is 0 Å². The molecule has 0 aliphatic carbocycles. The topological polar surface area (TPSA) is 72.5 Å². The predicted octanol–water partition coefficient (Wildman–Crippen LogP) is -0.565. The minimum absolute atomic E-state index is 0.166. The van der Waals surface area contributed by atoms with Crippen LogP contribution in [0.1, 0.15) is 6.92 Å². The fraction of sp³-hybridized carbons (Fsp3) is 0.800. The number of carboxylic acid groups (broad SMARTS) is 1.